The minimum Gasteiger partial charge on any atom is -0.508 e. The van der Waals surface area contributed by atoms with Crippen molar-refractivity contribution < 1.29 is 34.5 Å². The van der Waals surface area contributed by atoms with Crippen molar-refractivity contribution in [2.24, 2.45) is 5.73 Å². The SMILES string of the molecule is CSCCC(NC(=O)C(C)N)C(=O)NC(Cc1ccc(O)cc1)C(=O)NC(C(=O)O)C(C)O. The van der Waals surface area contributed by atoms with E-state index in [0.717, 1.165) is 0 Å². The van der Waals surface area contributed by atoms with Crippen LogP contribution in [0.1, 0.15) is 25.8 Å². The van der Waals surface area contributed by atoms with Crippen LogP contribution in [0.25, 0.3) is 0 Å². The number of rotatable bonds is 13. The molecule has 0 saturated heterocycles. The molecule has 5 unspecified atom stereocenters. The van der Waals surface area contributed by atoms with Gasteiger partial charge in [0.1, 0.15) is 17.8 Å². The van der Waals surface area contributed by atoms with Crippen LogP contribution >= 0.6 is 11.8 Å². The van der Waals surface area contributed by atoms with Crippen molar-refractivity contribution >= 4 is 35.5 Å². The molecule has 3 amide bonds. The van der Waals surface area contributed by atoms with Gasteiger partial charge in [0, 0.05) is 6.42 Å². The highest BCUT2D eigenvalue weighted by Gasteiger charge is 2.31. The predicted octanol–water partition coefficient (Wildman–Crippen LogP) is -1.05. The number of benzene rings is 1. The van der Waals surface area contributed by atoms with Crippen LogP contribution in [0.2, 0.25) is 0 Å². The Labute approximate surface area is 196 Å². The van der Waals surface area contributed by atoms with Crippen molar-refractivity contribution in [3.63, 3.8) is 0 Å². The van der Waals surface area contributed by atoms with Crippen LogP contribution in [-0.2, 0) is 25.6 Å². The molecule has 0 spiro atoms. The second kappa shape index (κ2) is 13.7. The zero-order chi connectivity index (χ0) is 25.1. The highest BCUT2D eigenvalue weighted by atomic mass is 32.2. The minimum atomic E-state index is -1.58. The molecule has 0 heterocycles. The Balaban J connectivity index is 3.12. The number of aliphatic hydroxyl groups is 1. The lowest BCUT2D eigenvalue weighted by atomic mass is 10.0. The summed E-state index contributed by atoms with van der Waals surface area (Å²) in [5.41, 5.74) is 6.16. The number of thioether (sulfide) groups is 1. The first-order valence-corrected chi connectivity index (χ1v) is 11.7. The van der Waals surface area contributed by atoms with E-state index in [4.69, 9.17) is 5.73 Å². The van der Waals surface area contributed by atoms with Gasteiger partial charge in [0.15, 0.2) is 6.04 Å². The number of amides is 3. The summed E-state index contributed by atoms with van der Waals surface area (Å²) < 4.78 is 0. The van der Waals surface area contributed by atoms with Crippen LogP contribution in [-0.4, -0.2) is 81.3 Å². The third-order valence-corrected chi connectivity index (χ3v) is 5.36. The van der Waals surface area contributed by atoms with Gasteiger partial charge in [-0.05, 0) is 50.0 Å². The summed E-state index contributed by atoms with van der Waals surface area (Å²) in [4.78, 5) is 49.3. The average molecular weight is 485 g/mol. The van der Waals surface area contributed by atoms with Crippen LogP contribution in [0.15, 0.2) is 24.3 Å². The lowest BCUT2D eigenvalue weighted by Crippen LogP contribution is -2.58. The molecule has 184 valence electrons. The van der Waals surface area contributed by atoms with Crippen LogP contribution in [0.5, 0.6) is 5.75 Å². The molecule has 11 nitrogen and oxygen atoms in total. The average Bonchev–Trinajstić information content (AvgIpc) is 2.74. The first-order chi connectivity index (χ1) is 15.5. The van der Waals surface area contributed by atoms with E-state index in [1.54, 1.807) is 12.1 Å². The molecule has 1 aromatic rings. The van der Waals surface area contributed by atoms with Gasteiger partial charge in [-0.15, -0.1) is 0 Å². The van der Waals surface area contributed by atoms with Gasteiger partial charge in [-0.2, -0.15) is 11.8 Å². The molecule has 0 aliphatic rings. The number of carboxylic acids is 1. The number of aliphatic carboxylic acids is 1. The van der Waals surface area contributed by atoms with Gasteiger partial charge >= 0.3 is 5.97 Å². The summed E-state index contributed by atoms with van der Waals surface area (Å²) in [6.45, 7) is 2.69. The van der Waals surface area contributed by atoms with E-state index >= 15 is 0 Å². The van der Waals surface area contributed by atoms with E-state index in [9.17, 15) is 34.5 Å². The summed E-state index contributed by atoms with van der Waals surface area (Å²) >= 11 is 1.47. The number of aromatic hydroxyl groups is 1. The fourth-order valence-electron chi connectivity index (χ4n) is 2.80. The summed E-state index contributed by atoms with van der Waals surface area (Å²) in [5, 5.41) is 35.8. The molecule has 0 aliphatic carbocycles. The van der Waals surface area contributed by atoms with E-state index in [1.165, 1.54) is 37.7 Å². The van der Waals surface area contributed by atoms with Crippen LogP contribution < -0.4 is 21.7 Å². The standard InChI is InChI=1S/C21H32N4O7S/c1-11(22)18(28)23-15(8-9-33-3)19(29)24-16(10-13-4-6-14(27)7-5-13)20(30)25-17(12(2)26)21(31)32/h4-7,11-12,15-17,26-27H,8-10,22H2,1-3H3,(H,23,28)(H,24,29)(H,25,30)(H,31,32). The first-order valence-electron chi connectivity index (χ1n) is 10.3. The summed E-state index contributed by atoms with van der Waals surface area (Å²) in [6.07, 6.45) is 0.715. The van der Waals surface area contributed by atoms with Crippen LogP contribution in [0.3, 0.4) is 0 Å². The zero-order valence-corrected chi connectivity index (χ0v) is 19.6. The Bertz CT molecular complexity index is 817. The molecule has 0 radical (unpaired) electrons. The molecule has 33 heavy (non-hydrogen) atoms. The van der Waals surface area contributed by atoms with Crippen molar-refractivity contribution in [1.29, 1.82) is 0 Å². The Morgan fingerprint density at radius 1 is 0.970 bits per heavy atom. The van der Waals surface area contributed by atoms with Gasteiger partial charge in [-0.3, -0.25) is 14.4 Å². The number of nitrogens with two attached hydrogens (primary N) is 1. The molecule has 12 heteroatoms. The number of carbonyl (C=O) groups excluding carboxylic acids is 3. The Morgan fingerprint density at radius 3 is 2.00 bits per heavy atom. The van der Waals surface area contributed by atoms with Crippen molar-refractivity contribution in [2.75, 3.05) is 12.0 Å². The van der Waals surface area contributed by atoms with E-state index in [2.05, 4.69) is 16.0 Å². The van der Waals surface area contributed by atoms with Gasteiger partial charge in [0.25, 0.3) is 0 Å². The molecule has 0 fully saturated rings. The second-order valence-corrected chi connectivity index (χ2v) is 8.61. The van der Waals surface area contributed by atoms with Crippen molar-refractivity contribution in [3.05, 3.63) is 29.8 Å². The molecule has 1 rings (SSSR count). The largest absolute Gasteiger partial charge is 0.508 e. The van der Waals surface area contributed by atoms with Gasteiger partial charge in [0.05, 0.1) is 12.1 Å². The molecule has 5 atom stereocenters. The van der Waals surface area contributed by atoms with E-state index in [0.29, 0.717) is 11.3 Å². The molecule has 0 saturated carbocycles. The number of hydrogen-bond donors (Lipinski definition) is 7. The van der Waals surface area contributed by atoms with Gasteiger partial charge in [0.2, 0.25) is 17.7 Å². The third-order valence-electron chi connectivity index (χ3n) is 4.71. The van der Waals surface area contributed by atoms with Gasteiger partial charge in [-0.25, -0.2) is 4.79 Å². The monoisotopic (exact) mass is 484 g/mol. The first kappa shape index (κ1) is 28.2. The molecule has 8 N–H and O–H groups in total. The topological polar surface area (TPSA) is 191 Å². The minimum absolute atomic E-state index is 0.0135. The van der Waals surface area contributed by atoms with Crippen LogP contribution in [0.4, 0.5) is 0 Å². The highest BCUT2D eigenvalue weighted by Crippen LogP contribution is 2.12. The van der Waals surface area contributed by atoms with Crippen molar-refractivity contribution in [3.8, 4) is 5.75 Å². The fraction of sp³-hybridized carbons (Fsp3) is 0.524. The molecule has 0 aliphatic heterocycles. The normalized spacial score (nSPS) is 15.4. The molecular formula is C21H32N4O7S. The molecule has 1 aromatic carbocycles. The summed E-state index contributed by atoms with van der Waals surface area (Å²) in [7, 11) is 0. The maximum absolute atomic E-state index is 13.0. The zero-order valence-electron chi connectivity index (χ0n) is 18.8. The molecule has 0 bridgehead atoms. The van der Waals surface area contributed by atoms with Crippen molar-refractivity contribution in [1.82, 2.24) is 16.0 Å². The Kier molecular flexibility index (Phi) is 11.7. The summed E-state index contributed by atoms with van der Waals surface area (Å²) in [6, 6.07) is 1.32. The maximum atomic E-state index is 13.0. The predicted molar refractivity (Wildman–Crippen MR) is 124 cm³/mol. The Hall–Kier alpha value is -2.83. The van der Waals surface area contributed by atoms with Gasteiger partial charge < -0.3 is 37.0 Å². The Morgan fingerprint density at radius 2 is 1.52 bits per heavy atom. The number of nitrogens with one attached hydrogen (secondary N) is 3. The highest BCUT2D eigenvalue weighted by molar-refractivity contribution is 7.98. The summed E-state index contributed by atoms with van der Waals surface area (Å²) in [5.74, 6) is -2.87. The number of aliphatic hydroxyl groups excluding tert-OH is 1. The van der Waals surface area contributed by atoms with E-state index < -0.39 is 54.0 Å². The molecule has 0 aromatic heterocycles. The van der Waals surface area contributed by atoms with Crippen molar-refractivity contribution in [2.45, 2.75) is 57.0 Å². The smallest absolute Gasteiger partial charge is 0.328 e. The number of phenolic OH excluding ortho intramolecular Hbond substituents is 1. The molecular weight excluding hydrogens is 452 g/mol. The fourth-order valence-corrected chi connectivity index (χ4v) is 3.27. The number of carbonyl (C=O) groups is 4. The maximum Gasteiger partial charge on any atom is 0.328 e. The number of phenols is 1. The lowest BCUT2D eigenvalue weighted by Gasteiger charge is -2.25. The number of carboxylic acid groups (broad SMARTS) is 1. The van der Waals surface area contributed by atoms with E-state index in [1.807, 2.05) is 6.26 Å². The quantitative estimate of drug-likeness (QED) is 0.183. The van der Waals surface area contributed by atoms with E-state index in [-0.39, 0.29) is 18.6 Å². The van der Waals surface area contributed by atoms with Crippen LogP contribution in [0, 0.1) is 0 Å². The van der Waals surface area contributed by atoms with Gasteiger partial charge in [-0.1, -0.05) is 12.1 Å². The third kappa shape index (κ3) is 9.68. The second-order valence-electron chi connectivity index (χ2n) is 7.63. The lowest BCUT2D eigenvalue weighted by molar-refractivity contribution is -0.145. The number of hydrogen-bond acceptors (Lipinski definition) is 8.